The van der Waals surface area contributed by atoms with E-state index in [-0.39, 0.29) is 6.42 Å². The molecular formula is C14H24O2. The van der Waals surface area contributed by atoms with Crippen LogP contribution < -0.4 is 0 Å². The molecule has 0 aliphatic heterocycles. The van der Waals surface area contributed by atoms with Crippen molar-refractivity contribution >= 4 is 5.97 Å². The Hall–Kier alpha value is -1.05. The Morgan fingerprint density at radius 2 is 1.94 bits per heavy atom. The predicted octanol–water partition coefficient (Wildman–Crippen LogP) is 4.04. The first-order valence-electron chi connectivity index (χ1n) is 5.99. The SMILES string of the molecule is C/C=C(\C=C/CC(C)CC(C)C)CC(=O)O. The third kappa shape index (κ3) is 8.27. The zero-order chi connectivity index (χ0) is 12.6. The number of carbonyl (C=O) groups is 1. The van der Waals surface area contributed by atoms with E-state index in [1.54, 1.807) is 0 Å². The normalized spacial score (nSPS) is 14.7. The molecule has 0 aromatic heterocycles. The maximum atomic E-state index is 10.5. The molecular weight excluding hydrogens is 200 g/mol. The number of carboxylic acid groups (broad SMARTS) is 1. The van der Waals surface area contributed by atoms with Gasteiger partial charge in [0.25, 0.3) is 0 Å². The van der Waals surface area contributed by atoms with Crippen molar-refractivity contribution in [2.24, 2.45) is 11.8 Å². The van der Waals surface area contributed by atoms with Crippen LogP contribution in [0.5, 0.6) is 0 Å². The van der Waals surface area contributed by atoms with Crippen molar-refractivity contribution in [2.45, 2.75) is 47.0 Å². The third-order valence-electron chi connectivity index (χ3n) is 2.47. The lowest BCUT2D eigenvalue weighted by molar-refractivity contribution is -0.136. The van der Waals surface area contributed by atoms with Crippen LogP contribution in [0.1, 0.15) is 47.0 Å². The molecule has 0 bridgehead atoms. The van der Waals surface area contributed by atoms with Crippen molar-refractivity contribution in [2.75, 3.05) is 0 Å². The molecule has 0 fully saturated rings. The van der Waals surface area contributed by atoms with Gasteiger partial charge in [-0.05, 0) is 37.2 Å². The van der Waals surface area contributed by atoms with Crippen molar-refractivity contribution in [3.05, 3.63) is 23.8 Å². The Morgan fingerprint density at radius 1 is 1.31 bits per heavy atom. The first-order valence-corrected chi connectivity index (χ1v) is 5.99. The van der Waals surface area contributed by atoms with Crippen LogP contribution in [0.15, 0.2) is 23.8 Å². The second kappa shape index (κ2) is 8.14. The largest absolute Gasteiger partial charge is 0.481 e. The first-order chi connectivity index (χ1) is 7.45. The highest BCUT2D eigenvalue weighted by atomic mass is 16.4. The molecule has 0 saturated heterocycles. The predicted molar refractivity (Wildman–Crippen MR) is 68.4 cm³/mol. The molecule has 0 amide bonds. The van der Waals surface area contributed by atoms with Crippen molar-refractivity contribution in [1.82, 2.24) is 0 Å². The molecule has 0 radical (unpaired) electrons. The standard InChI is InChI=1S/C14H24O2/c1-5-13(10-14(15)16)8-6-7-12(4)9-11(2)3/h5-6,8,11-12H,7,9-10H2,1-4H3,(H,15,16)/b8-6-,13-5+. The summed E-state index contributed by atoms with van der Waals surface area (Å²) in [4.78, 5) is 10.5. The van der Waals surface area contributed by atoms with Crippen LogP contribution in [-0.4, -0.2) is 11.1 Å². The van der Waals surface area contributed by atoms with E-state index in [1.807, 2.05) is 19.1 Å². The van der Waals surface area contributed by atoms with Crippen LogP contribution in [0.2, 0.25) is 0 Å². The summed E-state index contributed by atoms with van der Waals surface area (Å²) in [5.41, 5.74) is 0.879. The van der Waals surface area contributed by atoms with E-state index in [0.29, 0.717) is 5.92 Å². The Balaban J connectivity index is 4.02. The van der Waals surface area contributed by atoms with E-state index in [1.165, 1.54) is 6.42 Å². The summed E-state index contributed by atoms with van der Waals surface area (Å²) < 4.78 is 0. The molecule has 1 atom stereocenters. The molecule has 0 aliphatic rings. The molecule has 0 aromatic carbocycles. The van der Waals surface area contributed by atoms with Crippen LogP contribution in [0.25, 0.3) is 0 Å². The fraction of sp³-hybridized carbons (Fsp3) is 0.643. The van der Waals surface area contributed by atoms with Gasteiger partial charge in [0.05, 0.1) is 6.42 Å². The maximum absolute atomic E-state index is 10.5. The smallest absolute Gasteiger partial charge is 0.307 e. The molecule has 0 rings (SSSR count). The molecule has 2 nitrogen and oxygen atoms in total. The Morgan fingerprint density at radius 3 is 2.38 bits per heavy atom. The summed E-state index contributed by atoms with van der Waals surface area (Å²) >= 11 is 0. The molecule has 0 heterocycles. The maximum Gasteiger partial charge on any atom is 0.307 e. The highest BCUT2D eigenvalue weighted by Gasteiger charge is 2.03. The molecule has 16 heavy (non-hydrogen) atoms. The third-order valence-corrected chi connectivity index (χ3v) is 2.47. The zero-order valence-electron chi connectivity index (χ0n) is 10.9. The lowest BCUT2D eigenvalue weighted by atomic mass is 9.95. The lowest BCUT2D eigenvalue weighted by Gasteiger charge is -2.11. The van der Waals surface area contributed by atoms with Crippen molar-refractivity contribution in [1.29, 1.82) is 0 Å². The van der Waals surface area contributed by atoms with E-state index in [9.17, 15) is 4.79 Å². The van der Waals surface area contributed by atoms with Gasteiger partial charge >= 0.3 is 5.97 Å². The van der Waals surface area contributed by atoms with Crippen molar-refractivity contribution < 1.29 is 9.90 Å². The Bertz CT molecular complexity index is 262. The second-order valence-electron chi connectivity index (χ2n) is 4.81. The number of rotatable bonds is 7. The fourth-order valence-corrected chi connectivity index (χ4v) is 1.78. The van der Waals surface area contributed by atoms with Gasteiger partial charge < -0.3 is 5.11 Å². The van der Waals surface area contributed by atoms with Crippen LogP contribution in [0.3, 0.4) is 0 Å². The molecule has 0 aromatic rings. The summed E-state index contributed by atoms with van der Waals surface area (Å²) in [6, 6.07) is 0. The minimum Gasteiger partial charge on any atom is -0.481 e. The number of allylic oxidation sites excluding steroid dienone is 3. The van der Waals surface area contributed by atoms with Crippen LogP contribution in [0.4, 0.5) is 0 Å². The number of hydrogen-bond acceptors (Lipinski definition) is 1. The highest BCUT2D eigenvalue weighted by molar-refractivity contribution is 5.70. The minimum atomic E-state index is -0.770. The Labute approximate surface area is 99.1 Å². The minimum absolute atomic E-state index is 0.117. The van der Waals surface area contributed by atoms with E-state index >= 15 is 0 Å². The van der Waals surface area contributed by atoms with Gasteiger partial charge in [-0.25, -0.2) is 0 Å². The van der Waals surface area contributed by atoms with E-state index < -0.39 is 5.97 Å². The topological polar surface area (TPSA) is 37.3 Å². The van der Waals surface area contributed by atoms with Crippen LogP contribution >= 0.6 is 0 Å². The lowest BCUT2D eigenvalue weighted by Crippen LogP contribution is -1.99. The van der Waals surface area contributed by atoms with Gasteiger partial charge in [-0.2, -0.15) is 0 Å². The number of carboxylic acids is 1. The van der Waals surface area contributed by atoms with Gasteiger partial charge in [0.15, 0.2) is 0 Å². The Kier molecular flexibility index (Phi) is 7.61. The van der Waals surface area contributed by atoms with Crippen molar-refractivity contribution in [3.63, 3.8) is 0 Å². The van der Waals surface area contributed by atoms with Gasteiger partial charge in [0.2, 0.25) is 0 Å². The van der Waals surface area contributed by atoms with Crippen molar-refractivity contribution in [3.8, 4) is 0 Å². The van der Waals surface area contributed by atoms with Crippen LogP contribution in [0, 0.1) is 11.8 Å². The van der Waals surface area contributed by atoms with E-state index in [2.05, 4.69) is 26.8 Å². The van der Waals surface area contributed by atoms with Gasteiger partial charge in [-0.1, -0.05) is 39.0 Å². The number of aliphatic carboxylic acids is 1. The highest BCUT2D eigenvalue weighted by Crippen LogP contribution is 2.15. The average molecular weight is 224 g/mol. The quantitative estimate of drug-likeness (QED) is 0.663. The zero-order valence-corrected chi connectivity index (χ0v) is 10.9. The second-order valence-corrected chi connectivity index (χ2v) is 4.81. The molecule has 0 saturated carbocycles. The van der Waals surface area contributed by atoms with Gasteiger partial charge in [0.1, 0.15) is 0 Å². The molecule has 92 valence electrons. The average Bonchev–Trinajstić information content (AvgIpc) is 2.14. The molecule has 1 unspecified atom stereocenters. The summed E-state index contributed by atoms with van der Waals surface area (Å²) in [6.45, 7) is 8.56. The first kappa shape index (κ1) is 14.9. The number of hydrogen-bond donors (Lipinski definition) is 1. The van der Waals surface area contributed by atoms with Gasteiger partial charge in [-0.15, -0.1) is 0 Å². The summed E-state index contributed by atoms with van der Waals surface area (Å²) in [6.07, 6.45) is 8.24. The monoisotopic (exact) mass is 224 g/mol. The fourth-order valence-electron chi connectivity index (χ4n) is 1.78. The molecule has 2 heteroatoms. The van der Waals surface area contributed by atoms with Crippen LogP contribution in [-0.2, 0) is 4.79 Å². The summed E-state index contributed by atoms with van der Waals surface area (Å²) in [7, 11) is 0. The summed E-state index contributed by atoms with van der Waals surface area (Å²) in [5, 5.41) is 8.67. The van der Waals surface area contributed by atoms with Gasteiger partial charge in [-0.3, -0.25) is 4.79 Å². The summed E-state index contributed by atoms with van der Waals surface area (Å²) in [5.74, 6) is 0.621. The molecule has 1 N–H and O–H groups in total. The van der Waals surface area contributed by atoms with E-state index in [4.69, 9.17) is 5.11 Å². The molecule has 0 aliphatic carbocycles. The van der Waals surface area contributed by atoms with Gasteiger partial charge in [0, 0.05) is 0 Å². The molecule has 0 spiro atoms. The van der Waals surface area contributed by atoms with E-state index in [0.717, 1.165) is 17.9 Å².